The topological polar surface area (TPSA) is 66.3 Å². The van der Waals surface area contributed by atoms with Crippen molar-refractivity contribution < 1.29 is 9.90 Å². The van der Waals surface area contributed by atoms with Gasteiger partial charge in [-0.3, -0.25) is 4.79 Å². The van der Waals surface area contributed by atoms with Crippen molar-refractivity contribution in [2.45, 2.75) is 19.3 Å². The van der Waals surface area contributed by atoms with E-state index < -0.39 is 11.4 Å². The largest absolute Gasteiger partial charge is 0.481 e. The van der Waals surface area contributed by atoms with Crippen LogP contribution in [0.1, 0.15) is 19.3 Å². The minimum atomic E-state index is -0.627. The number of fused-ring (bicyclic) bond motifs is 1. The van der Waals surface area contributed by atoms with Crippen LogP contribution in [-0.2, 0) is 4.79 Å². The Bertz CT molecular complexity index is 703. The van der Waals surface area contributed by atoms with Crippen LogP contribution in [0.5, 0.6) is 0 Å². The molecule has 0 radical (unpaired) electrons. The average Bonchev–Trinajstić information content (AvgIpc) is 3.22. The van der Waals surface area contributed by atoms with Crippen LogP contribution in [0.4, 0.5) is 5.69 Å². The first-order valence-corrected chi connectivity index (χ1v) is 8.42. The highest BCUT2D eigenvalue weighted by Crippen LogP contribution is 2.50. The average molecular weight is 315 g/mol. The first kappa shape index (κ1) is 13.7. The minimum absolute atomic E-state index is 0.273. The standard InChI is InChI=1S/C16H17N3O2S/c20-15(21)16-6-2-4-12(16)8-19(9-16)13-5-1-3-11(7-13)14-18-17-10-22-14/h1,3,5,7,10,12H,2,4,6,8-9H2,(H,20,21)/t12-,16+/m0/s1. The number of carbonyl (C=O) groups is 1. The van der Waals surface area contributed by atoms with Crippen LogP contribution in [0.25, 0.3) is 10.6 Å². The Labute approximate surface area is 132 Å². The van der Waals surface area contributed by atoms with Crippen molar-refractivity contribution >= 4 is 23.0 Å². The lowest BCUT2D eigenvalue weighted by molar-refractivity contribution is -0.149. The Kier molecular flexibility index (Phi) is 3.14. The van der Waals surface area contributed by atoms with Gasteiger partial charge in [0.05, 0.1) is 5.41 Å². The molecule has 2 fully saturated rings. The van der Waals surface area contributed by atoms with Gasteiger partial charge in [-0.15, -0.1) is 10.2 Å². The fourth-order valence-electron chi connectivity index (χ4n) is 3.97. The number of carboxylic acids is 1. The number of aromatic nitrogens is 2. The Morgan fingerprint density at radius 3 is 3.09 bits per heavy atom. The summed E-state index contributed by atoms with van der Waals surface area (Å²) in [5.41, 5.74) is 3.31. The van der Waals surface area contributed by atoms with Crippen molar-refractivity contribution in [1.82, 2.24) is 10.2 Å². The zero-order chi connectivity index (χ0) is 15.2. The van der Waals surface area contributed by atoms with Gasteiger partial charge in [0.1, 0.15) is 10.5 Å². The van der Waals surface area contributed by atoms with Gasteiger partial charge >= 0.3 is 5.97 Å². The zero-order valence-corrected chi connectivity index (χ0v) is 12.9. The highest BCUT2D eigenvalue weighted by molar-refractivity contribution is 7.12. The fourth-order valence-corrected chi connectivity index (χ4v) is 4.52. The predicted octanol–water partition coefficient (Wildman–Crippen LogP) is 2.90. The smallest absolute Gasteiger partial charge is 0.311 e. The first-order chi connectivity index (χ1) is 10.7. The predicted molar refractivity (Wildman–Crippen MR) is 85.0 cm³/mol. The molecule has 114 valence electrons. The number of nitrogens with zero attached hydrogens (tertiary/aromatic N) is 3. The Morgan fingerprint density at radius 2 is 2.36 bits per heavy atom. The highest BCUT2D eigenvalue weighted by Gasteiger charge is 2.54. The van der Waals surface area contributed by atoms with Gasteiger partial charge in [-0.25, -0.2) is 0 Å². The first-order valence-electron chi connectivity index (χ1n) is 7.54. The Morgan fingerprint density at radius 1 is 1.45 bits per heavy atom. The fraction of sp³-hybridized carbons (Fsp3) is 0.438. The molecule has 6 heteroatoms. The number of hydrogen-bond acceptors (Lipinski definition) is 5. The molecule has 1 aliphatic carbocycles. The van der Waals surface area contributed by atoms with Gasteiger partial charge in [-0.05, 0) is 30.9 Å². The molecule has 0 amide bonds. The molecule has 5 nitrogen and oxygen atoms in total. The molecule has 1 saturated carbocycles. The number of benzene rings is 1. The molecule has 2 aromatic rings. The van der Waals surface area contributed by atoms with Crippen molar-refractivity contribution in [1.29, 1.82) is 0 Å². The summed E-state index contributed by atoms with van der Waals surface area (Å²) in [6.07, 6.45) is 2.87. The summed E-state index contributed by atoms with van der Waals surface area (Å²) >= 11 is 1.51. The van der Waals surface area contributed by atoms with E-state index in [2.05, 4.69) is 27.2 Å². The molecular formula is C16H17N3O2S. The second-order valence-corrected chi connectivity index (χ2v) is 7.06. The van der Waals surface area contributed by atoms with E-state index in [1.165, 1.54) is 11.3 Å². The number of hydrogen-bond donors (Lipinski definition) is 1. The Balaban J connectivity index is 1.64. The molecule has 1 aromatic heterocycles. The number of aliphatic carboxylic acids is 1. The molecule has 1 saturated heterocycles. The Hall–Kier alpha value is -1.95. The van der Waals surface area contributed by atoms with E-state index in [-0.39, 0.29) is 5.92 Å². The molecule has 2 atom stereocenters. The van der Waals surface area contributed by atoms with Gasteiger partial charge in [-0.1, -0.05) is 29.9 Å². The third-order valence-electron chi connectivity index (χ3n) is 5.11. The van der Waals surface area contributed by atoms with E-state index in [4.69, 9.17) is 0 Å². The van der Waals surface area contributed by atoms with Crippen LogP contribution in [0, 0.1) is 11.3 Å². The molecule has 2 heterocycles. The molecule has 1 aliphatic heterocycles. The lowest BCUT2D eigenvalue weighted by atomic mass is 9.81. The van der Waals surface area contributed by atoms with Gasteiger partial charge in [0.25, 0.3) is 0 Å². The summed E-state index contributed by atoms with van der Waals surface area (Å²) in [6, 6.07) is 8.18. The van der Waals surface area contributed by atoms with E-state index in [1.807, 2.05) is 12.1 Å². The van der Waals surface area contributed by atoms with Gasteiger partial charge in [0, 0.05) is 24.3 Å². The minimum Gasteiger partial charge on any atom is -0.481 e. The van der Waals surface area contributed by atoms with Crippen molar-refractivity contribution in [2.24, 2.45) is 11.3 Å². The third-order valence-corrected chi connectivity index (χ3v) is 5.86. The maximum Gasteiger partial charge on any atom is 0.311 e. The van der Waals surface area contributed by atoms with Crippen LogP contribution in [0.3, 0.4) is 0 Å². The van der Waals surface area contributed by atoms with Crippen LogP contribution in [0.15, 0.2) is 29.8 Å². The maximum atomic E-state index is 11.8. The van der Waals surface area contributed by atoms with Crippen LogP contribution < -0.4 is 4.90 Å². The number of anilines is 1. The van der Waals surface area contributed by atoms with E-state index in [1.54, 1.807) is 5.51 Å². The second-order valence-electron chi connectivity index (χ2n) is 6.23. The molecule has 4 rings (SSSR count). The molecule has 22 heavy (non-hydrogen) atoms. The van der Waals surface area contributed by atoms with Gasteiger partial charge in [0.15, 0.2) is 0 Å². The van der Waals surface area contributed by atoms with E-state index >= 15 is 0 Å². The normalized spacial score (nSPS) is 27.1. The molecule has 0 unspecified atom stereocenters. The molecular weight excluding hydrogens is 298 g/mol. The summed E-state index contributed by atoms with van der Waals surface area (Å²) in [5, 5.41) is 18.6. The van der Waals surface area contributed by atoms with Crippen molar-refractivity contribution in [2.75, 3.05) is 18.0 Å². The SMILES string of the molecule is O=C(O)[C@@]12CCC[C@H]1CN(c1cccc(-c3nncs3)c1)C2. The van der Waals surface area contributed by atoms with Crippen molar-refractivity contribution in [3.63, 3.8) is 0 Å². The van der Waals surface area contributed by atoms with E-state index in [0.29, 0.717) is 6.54 Å². The summed E-state index contributed by atoms with van der Waals surface area (Å²) in [7, 11) is 0. The lowest BCUT2D eigenvalue weighted by Gasteiger charge is -2.24. The van der Waals surface area contributed by atoms with E-state index in [0.717, 1.165) is 42.1 Å². The number of carboxylic acid groups (broad SMARTS) is 1. The third kappa shape index (κ3) is 2.01. The summed E-state index contributed by atoms with van der Waals surface area (Å²) in [4.78, 5) is 14.0. The molecule has 1 aromatic carbocycles. The van der Waals surface area contributed by atoms with Crippen LogP contribution in [-0.4, -0.2) is 34.4 Å². The summed E-state index contributed by atoms with van der Waals surface area (Å²) in [5.74, 6) is -0.354. The van der Waals surface area contributed by atoms with Gasteiger partial charge in [0.2, 0.25) is 0 Å². The monoisotopic (exact) mass is 315 g/mol. The van der Waals surface area contributed by atoms with Crippen LogP contribution in [0.2, 0.25) is 0 Å². The highest BCUT2D eigenvalue weighted by atomic mass is 32.1. The maximum absolute atomic E-state index is 11.8. The summed E-state index contributed by atoms with van der Waals surface area (Å²) < 4.78 is 0. The second kappa shape index (κ2) is 5.05. The molecule has 0 spiro atoms. The lowest BCUT2D eigenvalue weighted by Crippen LogP contribution is -2.35. The van der Waals surface area contributed by atoms with E-state index in [9.17, 15) is 9.90 Å². The van der Waals surface area contributed by atoms with Crippen LogP contribution >= 0.6 is 11.3 Å². The van der Waals surface area contributed by atoms with Crippen molar-refractivity contribution in [3.8, 4) is 10.6 Å². The summed E-state index contributed by atoms with van der Waals surface area (Å²) in [6.45, 7) is 1.46. The zero-order valence-electron chi connectivity index (χ0n) is 12.1. The number of rotatable bonds is 3. The molecule has 2 aliphatic rings. The molecule has 0 bridgehead atoms. The van der Waals surface area contributed by atoms with Gasteiger partial charge < -0.3 is 10.0 Å². The molecule has 1 N–H and O–H groups in total. The quantitative estimate of drug-likeness (QED) is 0.943. The van der Waals surface area contributed by atoms with Gasteiger partial charge in [-0.2, -0.15) is 0 Å². The van der Waals surface area contributed by atoms with Crippen molar-refractivity contribution in [3.05, 3.63) is 29.8 Å².